The highest BCUT2D eigenvalue weighted by Gasteiger charge is 2.16. The Morgan fingerprint density at radius 3 is 2.36 bits per heavy atom. The Morgan fingerprint density at radius 2 is 1.67 bits per heavy atom. The van der Waals surface area contributed by atoms with Gasteiger partial charge in [0, 0.05) is 23.9 Å². The van der Waals surface area contributed by atoms with E-state index in [4.69, 9.17) is 4.74 Å². The van der Waals surface area contributed by atoms with Crippen molar-refractivity contribution in [2.75, 3.05) is 17.7 Å². The van der Waals surface area contributed by atoms with Crippen LogP contribution in [0, 0.1) is 0 Å². The van der Waals surface area contributed by atoms with Crippen molar-refractivity contribution in [1.82, 2.24) is 15.3 Å². The van der Waals surface area contributed by atoms with Gasteiger partial charge in [-0.05, 0) is 62.7 Å². The number of rotatable bonds is 8. The minimum atomic E-state index is -0.580. The van der Waals surface area contributed by atoms with Gasteiger partial charge < -0.3 is 25.4 Å². The number of hydrogen-bond donors (Lipinski definition) is 3. The van der Waals surface area contributed by atoms with Crippen LogP contribution >= 0.6 is 0 Å². The molecule has 0 unspecified atom stereocenters. The molecule has 0 saturated carbocycles. The number of carbonyl (C=O) groups is 3. The zero-order chi connectivity index (χ0) is 26.1. The summed E-state index contributed by atoms with van der Waals surface area (Å²) in [5.41, 5.74) is 2.35. The summed E-state index contributed by atoms with van der Waals surface area (Å²) in [5, 5.41) is 8.67. The van der Waals surface area contributed by atoms with Crippen molar-refractivity contribution < 1.29 is 23.9 Å². The summed E-state index contributed by atoms with van der Waals surface area (Å²) in [6.07, 6.45) is 0.883. The van der Waals surface area contributed by atoms with Crippen molar-refractivity contribution >= 4 is 29.5 Å². The number of hydrogen-bond acceptors (Lipinski definition) is 8. The number of alkyl carbamates (subject to hydrolysis) is 1. The lowest BCUT2D eigenvalue weighted by atomic mass is 10.1. The largest absolute Gasteiger partial charge is 0.465 e. The van der Waals surface area contributed by atoms with Crippen LogP contribution in [0.15, 0.2) is 60.9 Å². The van der Waals surface area contributed by atoms with E-state index in [-0.39, 0.29) is 12.5 Å². The second-order valence-electron chi connectivity index (χ2n) is 8.83. The second-order valence-corrected chi connectivity index (χ2v) is 8.83. The second kappa shape index (κ2) is 11.8. The molecule has 1 aromatic heterocycles. The summed E-state index contributed by atoms with van der Waals surface area (Å²) in [6, 6.07) is 15.3. The number of anilines is 2. The van der Waals surface area contributed by atoms with E-state index < -0.39 is 17.7 Å². The molecule has 0 atom stereocenters. The van der Waals surface area contributed by atoms with Crippen molar-refractivity contribution in [3.05, 3.63) is 83.3 Å². The standard InChI is InChI=1S/C26H29N5O5/c1-26(2,3)36-25(34)28-15-21-13-22(30-16-29-21)27-14-17-6-5-7-19(12-17)23(32)31-20-10-8-18(9-11-20)24(33)35-4/h5-13,16H,14-15H2,1-4H3,(H,28,34)(H,31,32)(H,27,29,30). The molecule has 0 aliphatic rings. The van der Waals surface area contributed by atoms with E-state index in [0.717, 1.165) is 5.56 Å². The predicted octanol–water partition coefficient (Wildman–Crippen LogP) is 4.15. The minimum Gasteiger partial charge on any atom is -0.465 e. The van der Waals surface area contributed by atoms with Crippen molar-refractivity contribution in [1.29, 1.82) is 0 Å². The Bertz CT molecular complexity index is 1220. The normalized spacial score (nSPS) is 10.8. The average Bonchev–Trinajstić information content (AvgIpc) is 2.85. The number of carbonyl (C=O) groups excluding carboxylic acids is 3. The van der Waals surface area contributed by atoms with Gasteiger partial charge in [-0.2, -0.15) is 0 Å². The van der Waals surface area contributed by atoms with Gasteiger partial charge in [-0.25, -0.2) is 19.6 Å². The molecule has 0 saturated heterocycles. The lowest BCUT2D eigenvalue weighted by molar-refractivity contribution is 0.0521. The highest BCUT2D eigenvalue weighted by Crippen LogP contribution is 2.14. The molecule has 10 nitrogen and oxygen atoms in total. The van der Waals surface area contributed by atoms with Crippen molar-refractivity contribution in [2.45, 2.75) is 39.5 Å². The Kier molecular flexibility index (Phi) is 8.56. The molecule has 10 heteroatoms. The number of esters is 1. The molecule has 36 heavy (non-hydrogen) atoms. The third kappa shape index (κ3) is 8.08. The first-order valence-electron chi connectivity index (χ1n) is 11.2. The number of amides is 2. The van der Waals surface area contributed by atoms with E-state index in [0.29, 0.717) is 34.9 Å². The van der Waals surface area contributed by atoms with Gasteiger partial charge in [-0.3, -0.25) is 4.79 Å². The van der Waals surface area contributed by atoms with Gasteiger partial charge in [0.15, 0.2) is 0 Å². The van der Waals surface area contributed by atoms with Crippen molar-refractivity contribution in [3.63, 3.8) is 0 Å². The van der Waals surface area contributed by atoms with E-state index in [1.165, 1.54) is 13.4 Å². The van der Waals surface area contributed by atoms with Crippen LogP contribution < -0.4 is 16.0 Å². The number of aromatic nitrogens is 2. The van der Waals surface area contributed by atoms with Crippen LogP contribution in [0.5, 0.6) is 0 Å². The molecule has 0 bridgehead atoms. The maximum absolute atomic E-state index is 12.7. The smallest absolute Gasteiger partial charge is 0.407 e. The molecule has 188 valence electrons. The molecular formula is C26H29N5O5. The first kappa shape index (κ1) is 26.1. The molecule has 0 radical (unpaired) electrons. The van der Waals surface area contributed by atoms with E-state index in [2.05, 4.69) is 30.7 Å². The number of benzene rings is 2. The molecule has 0 aliphatic heterocycles. The molecule has 3 rings (SSSR count). The Labute approximate surface area is 209 Å². The first-order valence-corrected chi connectivity index (χ1v) is 11.2. The van der Waals surface area contributed by atoms with Gasteiger partial charge in [0.05, 0.1) is 24.9 Å². The summed E-state index contributed by atoms with van der Waals surface area (Å²) in [6.45, 7) is 6.00. The van der Waals surface area contributed by atoms with Crippen LogP contribution in [-0.2, 0) is 22.6 Å². The SMILES string of the molecule is COC(=O)c1ccc(NC(=O)c2cccc(CNc3cc(CNC(=O)OC(C)(C)C)ncn3)c2)cc1. The van der Waals surface area contributed by atoms with Crippen LogP contribution in [0.25, 0.3) is 0 Å². The molecule has 2 amide bonds. The number of nitrogens with zero attached hydrogens (tertiary/aromatic N) is 2. The molecule has 0 aliphatic carbocycles. The van der Waals surface area contributed by atoms with Gasteiger partial charge >= 0.3 is 12.1 Å². The molecular weight excluding hydrogens is 462 g/mol. The summed E-state index contributed by atoms with van der Waals surface area (Å²) < 4.78 is 9.90. The highest BCUT2D eigenvalue weighted by atomic mass is 16.6. The number of nitrogens with one attached hydrogen (secondary N) is 3. The quantitative estimate of drug-likeness (QED) is 0.401. The molecule has 3 N–H and O–H groups in total. The van der Waals surface area contributed by atoms with Crippen molar-refractivity contribution in [2.24, 2.45) is 0 Å². The van der Waals surface area contributed by atoms with Gasteiger partial charge in [-0.1, -0.05) is 12.1 Å². The number of methoxy groups -OCH3 is 1. The van der Waals surface area contributed by atoms with Crippen LogP contribution in [-0.4, -0.2) is 40.6 Å². The highest BCUT2D eigenvalue weighted by molar-refractivity contribution is 6.04. The monoisotopic (exact) mass is 491 g/mol. The maximum atomic E-state index is 12.7. The van der Waals surface area contributed by atoms with Gasteiger partial charge in [0.25, 0.3) is 5.91 Å². The fraction of sp³-hybridized carbons (Fsp3) is 0.269. The zero-order valence-electron chi connectivity index (χ0n) is 20.6. The van der Waals surface area contributed by atoms with E-state index in [1.807, 2.05) is 6.07 Å². The summed E-state index contributed by atoms with van der Waals surface area (Å²) in [5.74, 6) is -0.144. The first-order chi connectivity index (χ1) is 17.1. The third-order valence-corrected chi connectivity index (χ3v) is 4.76. The molecule has 1 heterocycles. The Balaban J connectivity index is 1.56. The minimum absolute atomic E-state index is 0.197. The number of ether oxygens (including phenoxy) is 2. The predicted molar refractivity (Wildman–Crippen MR) is 135 cm³/mol. The van der Waals surface area contributed by atoms with Gasteiger partial charge in [0.2, 0.25) is 0 Å². The van der Waals surface area contributed by atoms with Crippen molar-refractivity contribution in [3.8, 4) is 0 Å². The zero-order valence-corrected chi connectivity index (χ0v) is 20.6. The van der Waals surface area contributed by atoms with Gasteiger partial charge in [-0.15, -0.1) is 0 Å². The van der Waals surface area contributed by atoms with Crippen LogP contribution in [0.3, 0.4) is 0 Å². The van der Waals surface area contributed by atoms with Crippen LogP contribution in [0.4, 0.5) is 16.3 Å². The van der Waals surface area contributed by atoms with E-state index in [9.17, 15) is 14.4 Å². The van der Waals surface area contributed by atoms with Crippen LogP contribution in [0.1, 0.15) is 52.7 Å². The lowest BCUT2D eigenvalue weighted by Gasteiger charge is -2.19. The van der Waals surface area contributed by atoms with E-state index in [1.54, 1.807) is 69.3 Å². The topological polar surface area (TPSA) is 132 Å². The lowest BCUT2D eigenvalue weighted by Crippen LogP contribution is -2.32. The van der Waals surface area contributed by atoms with Gasteiger partial charge in [0.1, 0.15) is 17.7 Å². The average molecular weight is 492 g/mol. The Morgan fingerprint density at radius 1 is 0.917 bits per heavy atom. The molecule has 0 spiro atoms. The molecule has 0 fully saturated rings. The summed E-state index contributed by atoms with van der Waals surface area (Å²) in [4.78, 5) is 44.4. The summed E-state index contributed by atoms with van der Waals surface area (Å²) >= 11 is 0. The fourth-order valence-electron chi connectivity index (χ4n) is 3.09. The van der Waals surface area contributed by atoms with Crippen LogP contribution in [0.2, 0.25) is 0 Å². The maximum Gasteiger partial charge on any atom is 0.407 e. The summed E-state index contributed by atoms with van der Waals surface area (Å²) in [7, 11) is 1.31. The van der Waals surface area contributed by atoms with E-state index >= 15 is 0 Å². The molecule has 2 aromatic carbocycles. The third-order valence-electron chi connectivity index (χ3n) is 4.76. The molecule has 3 aromatic rings. The Hall–Kier alpha value is -4.47. The fourth-order valence-corrected chi connectivity index (χ4v) is 3.09.